The number of rotatable bonds is 3. The molecule has 0 atom stereocenters. The van der Waals surface area contributed by atoms with Gasteiger partial charge in [0.25, 0.3) is 5.91 Å². The Morgan fingerprint density at radius 2 is 1.38 bits per heavy atom. The molecule has 0 bridgehead atoms. The fourth-order valence-electron chi connectivity index (χ4n) is 4.31. The van der Waals surface area contributed by atoms with E-state index in [1.54, 1.807) is 12.4 Å². The number of aromatic nitrogens is 4. The van der Waals surface area contributed by atoms with Crippen molar-refractivity contribution in [3.63, 3.8) is 0 Å². The Morgan fingerprint density at radius 1 is 0.781 bits per heavy atom. The van der Waals surface area contributed by atoms with Crippen LogP contribution in [0.15, 0.2) is 36.7 Å². The van der Waals surface area contributed by atoms with E-state index in [4.69, 9.17) is 0 Å². The molecule has 2 fully saturated rings. The third-order valence-electron chi connectivity index (χ3n) is 6.25. The first-order valence-electron chi connectivity index (χ1n) is 11.1. The predicted octanol–water partition coefficient (Wildman–Crippen LogP) is 1.44. The second-order valence-corrected chi connectivity index (χ2v) is 8.46. The lowest BCUT2D eigenvalue weighted by molar-refractivity contribution is 0.0746. The van der Waals surface area contributed by atoms with E-state index in [0.29, 0.717) is 18.7 Å². The van der Waals surface area contributed by atoms with Gasteiger partial charge in [-0.05, 0) is 32.2 Å². The van der Waals surface area contributed by atoms with Crippen LogP contribution in [0.25, 0.3) is 11.0 Å². The van der Waals surface area contributed by atoms with Crippen LogP contribution in [0.4, 0.5) is 11.6 Å². The van der Waals surface area contributed by atoms with Crippen molar-refractivity contribution in [2.24, 2.45) is 0 Å². The van der Waals surface area contributed by atoms with Crippen molar-refractivity contribution >= 4 is 28.6 Å². The molecule has 9 heteroatoms. The highest BCUT2D eigenvalue weighted by atomic mass is 16.2. The molecule has 2 aromatic heterocycles. The van der Waals surface area contributed by atoms with E-state index < -0.39 is 0 Å². The number of hydrogen-bond donors (Lipinski definition) is 0. The highest BCUT2D eigenvalue weighted by Gasteiger charge is 2.24. The highest BCUT2D eigenvalue weighted by molar-refractivity contribution is 5.97. The molecule has 2 saturated heterocycles. The molecule has 1 aromatic carbocycles. The summed E-state index contributed by atoms with van der Waals surface area (Å²) < 4.78 is 0. The van der Waals surface area contributed by atoms with E-state index in [1.165, 1.54) is 0 Å². The largest absolute Gasteiger partial charge is 0.354 e. The maximum absolute atomic E-state index is 13.1. The van der Waals surface area contributed by atoms with Crippen LogP contribution >= 0.6 is 0 Å². The number of carbonyl (C=O) groups excluding carboxylic acids is 1. The van der Waals surface area contributed by atoms with Gasteiger partial charge in [-0.3, -0.25) is 14.8 Å². The van der Waals surface area contributed by atoms with Crippen molar-refractivity contribution in [1.29, 1.82) is 0 Å². The van der Waals surface area contributed by atoms with Crippen LogP contribution < -0.4 is 9.80 Å². The van der Waals surface area contributed by atoms with E-state index in [9.17, 15) is 4.79 Å². The van der Waals surface area contributed by atoms with E-state index in [1.807, 2.05) is 30.0 Å². The average Bonchev–Trinajstić information content (AvgIpc) is 2.83. The lowest BCUT2D eigenvalue weighted by Gasteiger charge is -2.37. The first-order chi connectivity index (χ1) is 15.6. The van der Waals surface area contributed by atoms with Crippen molar-refractivity contribution in [2.75, 3.05) is 69.2 Å². The van der Waals surface area contributed by atoms with E-state index in [-0.39, 0.29) is 5.91 Å². The fraction of sp³-hybridized carbons (Fsp3) is 0.435. The summed E-state index contributed by atoms with van der Waals surface area (Å²) in [6.07, 6.45) is 3.31. The molecular weight excluding hydrogens is 404 g/mol. The van der Waals surface area contributed by atoms with E-state index in [0.717, 1.165) is 67.8 Å². The third-order valence-corrected chi connectivity index (χ3v) is 6.25. The lowest BCUT2D eigenvalue weighted by atomic mass is 10.1. The normalized spacial score (nSPS) is 17.8. The molecule has 1 amide bonds. The maximum Gasteiger partial charge on any atom is 0.254 e. The summed E-state index contributed by atoms with van der Waals surface area (Å²) in [7, 11) is 2.15. The molecule has 0 radical (unpaired) electrons. The first kappa shape index (κ1) is 20.6. The van der Waals surface area contributed by atoms with Gasteiger partial charge >= 0.3 is 0 Å². The van der Waals surface area contributed by atoms with Crippen LogP contribution in [0.1, 0.15) is 16.2 Å². The van der Waals surface area contributed by atoms with Gasteiger partial charge < -0.3 is 19.6 Å². The minimum atomic E-state index is 0.0363. The van der Waals surface area contributed by atoms with Crippen LogP contribution in [-0.2, 0) is 0 Å². The van der Waals surface area contributed by atoms with Crippen molar-refractivity contribution in [2.45, 2.75) is 6.92 Å². The number of likely N-dealkylation sites (N-methyl/N-ethyl adjacent to an activating group) is 1. The van der Waals surface area contributed by atoms with Gasteiger partial charge in [-0.2, -0.15) is 0 Å². The van der Waals surface area contributed by atoms with Crippen LogP contribution in [0.3, 0.4) is 0 Å². The zero-order valence-corrected chi connectivity index (χ0v) is 18.6. The molecular formula is C23H28N8O. The molecule has 0 saturated carbocycles. The third kappa shape index (κ3) is 4.20. The van der Waals surface area contributed by atoms with Gasteiger partial charge in [-0.25, -0.2) is 9.97 Å². The Morgan fingerprint density at radius 3 is 2.03 bits per heavy atom. The Hall–Kier alpha value is -3.33. The monoisotopic (exact) mass is 432 g/mol. The second kappa shape index (κ2) is 8.66. The van der Waals surface area contributed by atoms with Crippen molar-refractivity contribution in [3.8, 4) is 0 Å². The summed E-state index contributed by atoms with van der Waals surface area (Å²) >= 11 is 0. The topological polar surface area (TPSA) is 81.6 Å². The van der Waals surface area contributed by atoms with Gasteiger partial charge in [0, 0.05) is 76.4 Å². The molecule has 0 aliphatic carbocycles. The minimum absolute atomic E-state index is 0.0363. The average molecular weight is 433 g/mol. The molecule has 32 heavy (non-hydrogen) atoms. The van der Waals surface area contributed by atoms with Gasteiger partial charge in [0.2, 0.25) is 0 Å². The Bertz CT molecular complexity index is 1120. The molecule has 0 unspecified atom stereocenters. The summed E-state index contributed by atoms with van der Waals surface area (Å²) in [5, 5.41) is 0. The van der Waals surface area contributed by atoms with Crippen LogP contribution in [0.2, 0.25) is 0 Å². The van der Waals surface area contributed by atoms with Crippen molar-refractivity contribution in [3.05, 3.63) is 48.0 Å². The quantitative estimate of drug-likeness (QED) is 0.615. The Labute approximate surface area is 187 Å². The number of anilines is 2. The number of carbonyl (C=O) groups is 1. The Kier molecular flexibility index (Phi) is 5.57. The molecule has 2 aliphatic heterocycles. The van der Waals surface area contributed by atoms with Crippen molar-refractivity contribution < 1.29 is 4.79 Å². The lowest BCUT2D eigenvalue weighted by Crippen LogP contribution is -2.49. The predicted molar refractivity (Wildman–Crippen MR) is 124 cm³/mol. The molecule has 0 N–H and O–H groups in total. The standard InChI is InChI=1S/C23H28N8O/c1-17-26-21(29-9-7-28(2)8-10-29)16-22(27-17)30-11-13-31(14-12-30)23(32)18-3-4-19-20(15-18)25-6-5-24-19/h3-6,15-16H,7-14H2,1-2H3. The number of hydrogen-bond acceptors (Lipinski definition) is 8. The summed E-state index contributed by atoms with van der Waals surface area (Å²) in [5.41, 5.74) is 2.19. The second-order valence-electron chi connectivity index (χ2n) is 8.46. The Balaban J connectivity index is 1.26. The summed E-state index contributed by atoms with van der Waals surface area (Å²) in [4.78, 5) is 39.8. The van der Waals surface area contributed by atoms with Crippen LogP contribution in [0, 0.1) is 6.92 Å². The molecule has 3 aromatic rings. The first-order valence-corrected chi connectivity index (χ1v) is 11.1. The number of benzene rings is 1. The number of aryl methyl sites for hydroxylation is 1. The van der Waals surface area contributed by atoms with Crippen molar-refractivity contribution in [1.82, 2.24) is 29.7 Å². The molecule has 4 heterocycles. The highest BCUT2D eigenvalue weighted by Crippen LogP contribution is 2.22. The van der Waals surface area contributed by atoms with Crippen LogP contribution in [0.5, 0.6) is 0 Å². The minimum Gasteiger partial charge on any atom is -0.354 e. The maximum atomic E-state index is 13.1. The van der Waals surface area contributed by atoms with Crippen LogP contribution in [-0.4, -0.2) is 95.0 Å². The molecule has 5 rings (SSSR count). The smallest absolute Gasteiger partial charge is 0.254 e. The molecule has 166 valence electrons. The molecule has 0 spiro atoms. The van der Waals surface area contributed by atoms with Gasteiger partial charge in [-0.15, -0.1) is 0 Å². The summed E-state index contributed by atoms with van der Waals surface area (Å²) in [6.45, 7) is 8.80. The van der Waals surface area contributed by atoms with Gasteiger partial charge in [0.05, 0.1) is 11.0 Å². The summed E-state index contributed by atoms with van der Waals surface area (Å²) in [6, 6.07) is 7.61. The number of piperazine rings is 2. The fourth-order valence-corrected chi connectivity index (χ4v) is 4.31. The molecule has 2 aliphatic rings. The van der Waals surface area contributed by atoms with E-state index in [2.05, 4.69) is 47.7 Å². The SMILES string of the molecule is Cc1nc(N2CCN(C)CC2)cc(N2CCN(C(=O)c3ccc4nccnc4c3)CC2)n1. The number of fused-ring (bicyclic) bond motifs is 1. The zero-order valence-electron chi connectivity index (χ0n) is 18.6. The van der Waals surface area contributed by atoms with Gasteiger partial charge in [0.1, 0.15) is 17.5 Å². The van der Waals surface area contributed by atoms with E-state index >= 15 is 0 Å². The number of nitrogens with zero attached hydrogens (tertiary/aromatic N) is 8. The van der Waals surface area contributed by atoms with Gasteiger partial charge in [-0.1, -0.05) is 0 Å². The van der Waals surface area contributed by atoms with Gasteiger partial charge in [0.15, 0.2) is 0 Å². The number of amides is 1. The molecule has 9 nitrogen and oxygen atoms in total. The zero-order chi connectivity index (χ0) is 22.1. The summed E-state index contributed by atoms with van der Waals surface area (Å²) in [5.74, 6) is 2.76.